The van der Waals surface area contributed by atoms with Gasteiger partial charge in [-0.15, -0.1) is 0 Å². The molecule has 1 aliphatic heterocycles. The first-order chi connectivity index (χ1) is 11.2. The van der Waals surface area contributed by atoms with Crippen molar-refractivity contribution in [3.05, 3.63) is 29.8 Å². The van der Waals surface area contributed by atoms with Crippen LogP contribution in [0.4, 0.5) is 5.69 Å². The van der Waals surface area contributed by atoms with Gasteiger partial charge >= 0.3 is 0 Å². The van der Waals surface area contributed by atoms with E-state index in [1.807, 2.05) is 12.1 Å². The lowest BCUT2D eigenvalue weighted by Crippen LogP contribution is -2.45. The lowest BCUT2D eigenvalue weighted by molar-refractivity contribution is 0.303. The third kappa shape index (κ3) is 5.18. The van der Waals surface area contributed by atoms with Gasteiger partial charge in [0.25, 0.3) is 0 Å². The summed E-state index contributed by atoms with van der Waals surface area (Å²) in [4.78, 5) is 2.06. The first-order valence-corrected chi connectivity index (χ1v) is 10.8. The molecule has 134 valence electrons. The molecule has 2 rings (SSSR count). The van der Waals surface area contributed by atoms with E-state index in [1.54, 1.807) is 0 Å². The number of thiocarbonyl (C=S) groups is 1. The molecule has 0 aromatic heterocycles. The summed E-state index contributed by atoms with van der Waals surface area (Å²) in [6.07, 6.45) is 0.656. The van der Waals surface area contributed by atoms with Crippen molar-refractivity contribution in [3.8, 4) is 0 Å². The highest BCUT2D eigenvalue weighted by atomic mass is 32.2. The number of hydrogen-bond acceptors (Lipinski definition) is 3. The van der Waals surface area contributed by atoms with Crippen molar-refractivity contribution >= 4 is 32.9 Å². The molecule has 1 N–H and O–H groups in total. The molecule has 1 aromatic carbocycles. The summed E-state index contributed by atoms with van der Waals surface area (Å²) in [5.41, 5.74) is 2.23. The van der Waals surface area contributed by atoms with E-state index in [0.717, 1.165) is 12.2 Å². The molecule has 1 heterocycles. The average Bonchev–Trinajstić information content (AvgIpc) is 2.85. The molecule has 4 nitrogen and oxygen atoms in total. The monoisotopic (exact) mass is 368 g/mol. The van der Waals surface area contributed by atoms with Gasteiger partial charge in [-0.05, 0) is 48.2 Å². The zero-order valence-electron chi connectivity index (χ0n) is 15.0. The van der Waals surface area contributed by atoms with Gasteiger partial charge in [0.1, 0.15) is 0 Å². The van der Waals surface area contributed by atoms with Crippen molar-refractivity contribution < 1.29 is 8.42 Å². The predicted molar refractivity (Wildman–Crippen MR) is 105 cm³/mol. The van der Waals surface area contributed by atoms with Crippen LogP contribution >= 0.6 is 12.2 Å². The third-order valence-electron chi connectivity index (χ3n) is 4.30. The van der Waals surface area contributed by atoms with Gasteiger partial charge in [0.15, 0.2) is 14.9 Å². The van der Waals surface area contributed by atoms with Crippen molar-refractivity contribution in [2.45, 2.75) is 46.1 Å². The fraction of sp³-hybridized carbons (Fsp3) is 0.611. The fourth-order valence-electron chi connectivity index (χ4n) is 2.96. The smallest absolute Gasteiger partial charge is 0.173 e. The summed E-state index contributed by atoms with van der Waals surface area (Å²) >= 11 is 5.59. The number of anilines is 1. The Hall–Kier alpha value is -1.14. The molecule has 0 bridgehead atoms. The Morgan fingerprint density at radius 1 is 1.25 bits per heavy atom. The first-order valence-electron chi connectivity index (χ1n) is 8.56. The molecule has 1 atom stereocenters. The minimum atomic E-state index is -2.93. The Morgan fingerprint density at radius 2 is 1.88 bits per heavy atom. The zero-order chi connectivity index (χ0) is 17.9. The Morgan fingerprint density at radius 3 is 2.33 bits per heavy atom. The van der Waals surface area contributed by atoms with E-state index in [1.165, 1.54) is 5.56 Å². The van der Waals surface area contributed by atoms with Gasteiger partial charge in [0, 0.05) is 18.3 Å². The lowest BCUT2D eigenvalue weighted by Gasteiger charge is -2.32. The van der Waals surface area contributed by atoms with Crippen LogP contribution in [-0.4, -0.2) is 42.5 Å². The standard InChI is InChI=1S/C18H28N2O2S2/c1-13(2)11-20(17-9-10-24(21,22)12-17)18(23)19-16-7-5-15(6-8-16)14(3)4/h5-8,13-14,17H,9-12H2,1-4H3,(H,19,23)/t17-/m1/s1. The van der Waals surface area contributed by atoms with Crippen LogP contribution in [0.5, 0.6) is 0 Å². The Balaban J connectivity index is 2.10. The highest BCUT2D eigenvalue weighted by Gasteiger charge is 2.33. The molecule has 1 saturated heterocycles. The van der Waals surface area contributed by atoms with Crippen molar-refractivity contribution in [2.24, 2.45) is 5.92 Å². The van der Waals surface area contributed by atoms with E-state index in [9.17, 15) is 8.42 Å². The molecule has 0 radical (unpaired) electrons. The van der Waals surface area contributed by atoms with E-state index in [2.05, 4.69) is 50.0 Å². The second-order valence-corrected chi connectivity index (χ2v) is 9.93. The second kappa shape index (κ2) is 7.83. The molecule has 0 unspecified atom stereocenters. The molecule has 0 amide bonds. The van der Waals surface area contributed by atoms with Gasteiger partial charge in [-0.3, -0.25) is 0 Å². The van der Waals surface area contributed by atoms with Gasteiger partial charge in [-0.25, -0.2) is 8.42 Å². The average molecular weight is 369 g/mol. The maximum absolute atomic E-state index is 11.8. The molecular weight excluding hydrogens is 340 g/mol. The molecule has 0 aliphatic carbocycles. The predicted octanol–water partition coefficient (Wildman–Crippen LogP) is 3.65. The quantitative estimate of drug-likeness (QED) is 0.804. The van der Waals surface area contributed by atoms with Crippen LogP contribution in [0.3, 0.4) is 0 Å². The normalized spacial score (nSPS) is 19.7. The minimum Gasteiger partial charge on any atom is -0.345 e. The number of nitrogens with zero attached hydrogens (tertiary/aromatic N) is 1. The van der Waals surface area contributed by atoms with Gasteiger partial charge in [0.2, 0.25) is 0 Å². The van der Waals surface area contributed by atoms with E-state index in [4.69, 9.17) is 12.2 Å². The van der Waals surface area contributed by atoms with Crippen molar-refractivity contribution in [1.29, 1.82) is 0 Å². The Bertz CT molecular complexity index is 667. The molecule has 1 aliphatic rings. The van der Waals surface area contributed by atoms with Crippen LogP contribution in [-0.2, 0) is 9.84 Å². The van der Waals surface area contributed by atoms with Gasteiger partial charge in [0.05, 0.1) is 11.5 Å². The van der Waals surface area contributed by atoms with Crippen LogP contribution in [0.2, 0.25) is 0 Å². The Labute approximate surface area is 151 Å². The highest BCUT2D eigenvalue weighted by Crippen LogP contribution is 2.22. The van der Waals surface area contributed by atoms with Crippen LogP contribution < -0.4 is 5.32 Å². The van der Waals surface area contributed by atoms with E-state index in [0.29, 0.717) is 23.4 Å². The van der Waals surface area contributed by atoms with Crippen molar-refractivity contribution in [1.82, 2.24) is 4.90 Å². The largest absolute Gasteiger partial charge is 0.345 e. The number of rotatable bonds is 5. The summed E-state index contributed by atoms with van der Waals surface area (Å²) in [7, 11) is -2.93. The number of benzene rings is 1. The topological polar surface area (TPSA) is 49.4 Å². The molecule has 0 spiro atoms. The van der Waals surface area contributed by atoms with Gasteiger partial charge in [-0.1, -0.05) is 39.8 Å². The SMILES string of the molecule is CC(C)CN(C(=S)Nc1ccc(C(C)C)cc1)[C@@H]1CCS(=O)(=O)C1. The number of nitrogens with one attached hydrogen (secondary N) is 1. The van der Waals surface area contributed by atoms with Crippen LogP contribution in [0.25, 0.3) is 0 Å². The van der Waals surface area contributed by atoms with Crippen molar-refractivity contribution in [2.75, 3.05) is 23.4 Å². The maximum atomic E-state index is 11.8. The summed E-state index contributed by atoms with van der Waals surface area (Å²) in [6, 6.07) is 8.23. The minimum absolute atomic E-state index is 0.0210. The second-order valence-electron chi connectivity index (χ2n) is 7.31. The molecule has 1 aromatic rings. The third-order valence-corrected chi connectivity index (χ3v) is 6.39. The first kappa shape index (κ1) is 19.2. The molecule has 0 saturated carbocycles. The molecule has 1 fully saturated rings. The summed E-state index contributed by atoms with van der Waals surface area (Å²) in [6.45, 7) is 9.33. The molecule has 6 heteroatoms. The fourth-order valence-corrected chi connectivity index (χ4v) is 5.03. The number of sulfone groups is 1. The van der Waals surface area contributed by atoms with Crippen molar-refractivity contribution in [3.63, 3.8) is 0 Å². The molecule has 24 heavy (non-hydrogen) atoms. The van der Waals surface area contributed by atoms with Crippen LogP contribution in [0, 0.1) is 5.92 Å². The van der Waals surface area contributed by atoms with E-state index < -0.39 is 9.84 Å². The zero-order valence-corrected chi connectivity index (χ0v) is 16.6. The van der Waals surface area contributed by atoms with Crippen LogP contribution in [0.15, 0.2) is 24.3 Å². The van der Waals surface area contributed by atoms with Gasteiger partial charge in [-0.2, -0.15) is 0 Å². The summed E-state index contributed by atoms with van der Waals surface area (Å²) in [5, 5.41) is 3.89. The molecular formula is C18H28N2O2S2. The number of hydrogen-bond donors (Lipinski definition) is 1. The summed E-state index contributed by atoms with van der Waals surface area (Å²) in [5.74, 6) is 1.37. The van der Waals surface area contributed by atoms with E-state index >= 15 is 0 Å². The van der Waals surface area contributed by atoms with E-state index in [-0.39, 0.29) is 17.5 Å². The lowest BCUT2D eigenvalue weighted by atomic mass is 10.0. The Kier molecular flexibility index (Phi) is 6.26. The maximum Gasteiger partial charge on any atom is 0.173 e. The van der Waals surface area contributed by atoms with Gasteiger partial charge < -0.3 is 10.2 Å². The van der Waals surface area contributed by atoms with Crippen LogP contribution in [0.1, 0.15) is 45.6 Å². The highest BCUT2D eigenvalue weighted by molar-refractivity contribution is 7.91. The summed E-state index contributed by atoms with van der Waals surface area (Å²) < 4.78 is 23.6.